The minimum Gasteiger partial charge on any atom is -0.478 e. The number of aliphatic hydroxyl groups excluding tert-OH is 1. The molecular weight excluding hydrogens is 272 g/mol. The Morgan fingerprint density at radius 3 is 3.00 bits per heavy atom. The maximum absolute atomic E-state index is 12.5. The fourth-order valence-corrected chi connectivity index (χ4v) is 2.44. The van der Waals surface area contributed by atoms with E-state index in [0.717, 1.165) is 18.9 Å². The molecule has 1 atom stereocenters. The molecule has 112 valence electrons. The Bertz CT molecular complexity index is 556. The van der Waals surface area contributed by atoms with Gasteiger partial charge in [0.1, 0.15) is 5.69 Å². The first-order chi connectivity index (χ1) is 10.1. The Morgan fingerprint density at radius 2 is 2.29 bits per heavy atom. The first-order valence-electron chi connectivity index (χ1n) is 6.88. The molecule has 6 nitrogen and oxygen atoms in total. The van der Waals surface area contributed by atoms with E-state index in [4.69, 9.17) is 5.11 Å². The van der Waals surface area contributed by atoms with Gasteiger partial charge in [-0.1, -0.05) is 6.07 Å². The van der Waals surface area contributed by atoms with Gasteiger partial charge in [0.25, 0.3) is 5.91 Å². The van der Waals surface area contributed by atoms with Crippen molar-refractivity contribution in [2.45, 2.75) is 12.8 Å². The van der Waals surface area contributed by atoms with Crippen LogP contribution in [0.2, 0.25) is 0 Å². The molecular formula is C15H18N2O4. The van der Waals surface area contributed by atoms with Crippen LogP contribution in [-0.2, 0) is 4.79 Å². The van der Waals surface area contributed by atoms with E-state index >= 15 is 0 Å². The van der Waals surface area contributed by atoms with Crippen molar-refractivity contribution in [1.82, 2.24) is 9.88 Å². The van der Waals surface area contributed by atoms with Crippen LogP contribution < -0.4 is 0 Å². The van der Waals surface area contributed by atoms with Crippen LogP contribution in [-0.4, -0.2) is 51.7 Å². The van der Waals surface area contributed by atoms with Crippen molar-refractivity contribution in [3.63, 3.8) is 0 Å². The molecule has 21 heavy (non-hydrogen) atoms. The van der Waals surface area contributed by atoms with E-state index in [0.29, 0.717) is 18.7 Å². The van der Waals surface area contributed by atoms with Gasteiger partial charge in [-0.05, 0) is 30.9 Å². The summed E-state index contributed by atoms with van der Waals surface area (Å²) in [5, 5.41) is 17.9. The van der Waals surface area contributed by atoms with Crippen LogP contribution in [0.25, 0.3) is 6.08 Å². The summed E-state index contributed by atoms with van der Waals surface area (Å²) in [6, 6.07) is 3.32. The molecule has 1 fully saturated rings. The van der Waals surface area contributed by atoms with Crippen molar-refractivity contribution in [3.05, 3.63) is 35.7 Å². The van der Waals surface area contributed by atoms with E-state index in [1.165, 1.54) is 12.3 Å². The number of aliphatic hydroxyl groups is 1. The average Bonchev–Trinajstić information content (AvgIpc) is 2.52. The maximum Gasteiger partial charge on any atom is 0.328 e. The molecule has 6 heteroatoms. The summed E-state index contributed by atoms with van der Waals surface area (Å²) >= 11 is 0. The summed E-state index contributed by atoms with van der Waals surface area (Å²) in [5.74, 6) is -1.20. The van der Waals surface area contributed by atoms with Crippen LogP contribution in [0.3, 0.4) is 0 Å². The van der Waals surface area contributed by atoms with Crippen LogP contribution in [0.4, 0.5) is 0 Å². The van der Waals surface area contributed by atoms with Crippen molar-refractivity contribution in [2.24, 2.45) is 5.92 Å². The second-order valence-corrected chi connectivity index (χ2v) is 5.05. The number of aliphatic carboxylic acids is 1. The highest BCUT2D eigenvalue weighted by Gasteiger charge is 2.25. The molecule has 2 heterocycles. The topological polar surface area (TPSA) is 90.7 Å². The molecule has 0 bridgehead atoms. The average molecular weight is 290 g/mol. The van der Waals surface area contributed by atoms with Gasteiger partial charge in [-0.15, -0.1) is 0 Å². The monoisotopic (exact) mass is 290 g/mol. The van der Waals surface area contributed by atoms with E-state index in [9.17, 15) is 14.7 Å². The maximum atomic E-state index is 12.5. The Hall–Kier alpha value is -2.21. The SMILES string of the molecule is O=C(O)/C=C/c1cccnc1C(=O)N1CCCC(CO)C1. The third-order valence-electron chi connectivity index (χ3n) is 3.51. The number of carbonyl (C=O) groups is 2. The molecule has 0 spiro atoms. The molecule has 1 aliphatic heterocycles. The zero-order chi connectivity index (χ0) is 15.2. The molecule has 0 radical (unpaired) electrons. The molecule has 0 aliphatic carbocycles. The number of hydrogen-bond donors (Lipinski definition) is 2. The lowest BCUT2D eigenvalue weighted by molar-refractivity contribution is -0.131. The minimum absolute atomic E-state index is 0.0672. The molecule has 1 aliphatic rings. The summed E-state index contributed by atoms with van der Waals surface area (Å²) in [6.45, 7) is 1.21. The van der Waals surface area contributed by atoms with E-state index < -0.39 is 5.97 Å². The number of amides is 1. The summed E-state index contributed by atoms with van der Waals surface area (Å²) in [7, 11) is 0. The number of likely N-dealkylation sites (tertiary alicyclic amines) is 1. The van der Waals surface area contributed by atoms with Gasteiger partial charge in [-0.3, -0.25) is 9.78 Å². The zero-order valence-electron chi connectivity index (χ0n) is 11.6. The fourth-order valence-electron chi connectivity index (χ4n) is 2.44. The van der Waals surface area contributed by atoms with Crippen LogP contribution in [0.1, 0.15) is 28.9 Å². The number of carbonyl (C=O) groups excluding carboxylic acids is 1. The number of pyridine rings is 1. The molecule has 0 saturated carbocycles. The van der Waals surface area contributed by atoms with Crippen LogP contribution >= 0.6 is 0 Å². The molecule has 0 aromatic carbocycles. The zero-order valence-corrected chi connectivity index (χ0v) is 11.6. The van der Waals surface area contributed by atoms with Crippen LogP contribution in [0.5, 0.6) is 0 Å². The molecule has 2 rings (SSSR count). The summed E-state index contributed by atoms with van der Waals surface area (Å²) < 4.78 is 0. The standard InChI is InChI=1S/C15H18N2O4/c18-10-11-3-2-8-17(9-11)15(21)14-12(4-1-7-16-14)5-6-13(19)20/h1,4-7,11,18H,2-3,8-10H2,(H,19,20)/b6-5+. The largest absolute Gasteiger partial charge is 0.478 e. The van der Waals surface area contributed by atoms with E-state index in [2.05, 4.69) is 4.98 Å². The van der Waals surface area contributed by atoms with E-state index in [-0.39, 0.29) is 24.1 Å². The van der Waals surface area contributed by atoms with Crippen molar-refractivity contribution < 1.29 is 19.8 Å². The van der Waals surface area contributed by atoms with Crippen molar-refractivity contribution in [1.29, 1.82) is 0 Å². The van der Waals surface area contributed by atoms with Crippen molar-refractivity contribution in [2.75, 3.05) is 19.7 Å². The third kappa shape index (κ3) is 3.88. The van der Waals surface area contributed by atoms with Gasteiger partial charge in [-0.25, -0.2) is 4.79 Å². The van der Waals surface area contributed by atoms with E-state index in [1.807, 2.05) is 0 Å². The molecule has 1 unspecified atom stereocenters. The highest BCUT2D eigenvalue weighted by molar-refractivity contribution is 5.97. The normalized spacial score (nSPS) is 18.9. The molecule has 1 amide bonds. The predicted molar refractivity (Wildman–Crippen MR) is 76.6 cm³/mol. The van der Waals surface area contributed by atoms with Crippen LogP contribution in [0, 0.1) is 5.92 Å². The van der Waals surface area contributed by atoms with Gasteiger partial charge in [0, 0.05) is 37.5 Å². The van der Waals surface area contributed by atoms with Gasteiger partial charge in [0.05, 0.1) is 0 Å². The van der Waals surface area contributed by atoms with Gasteiger partial charge in [0.15, 0.2) is 0 Å². The smallest absolute Gasteiger partial charge is 0.328 e. The van der Waals surface area contributed by atoms with Crippen molar-refractivity contribution in [3.8, 4) is 0 Å². The third-order valence-corrected chi connectivity index (χ3v) is 3.51. The van der Waals surface area contributed by atoms with Crippen molar-refractivity contribution >= 4 is 18.0 Å². The van der Waals surface area contributed by atoms with E-state index in [1.54, 1.807) is 17.0 Å². The lowest BCUT2D eigenvalue weighted by Crippen LogP contribution is -2.41. The molecule has 1 aromatic rings. The number of rotatable bonds is 4. The lowest BCUT2D eigenvalue weighted by atomic mass is 9.98. The summed E-state index contributed by atoms with van der Waals surface area (Å²) in [4.78, 5) is 28.9. The van der Waals surface area contributed by atoms with Gasteiger partial charge in [-0.2, -0.15) is 0 Å². The fraction of sp³-hybridized carbons (Fsp3) is 0.400. The molecule has 2 N–H and O–H groups in total. The molecule has 1 saturated heterocycles. The summed E-state index contributed by atoms with van der Waals surface area (Å²) in [6.07, 6.45) is 5.63. The Morgan fingerprint density at radius 1 is 1.48 bits per heavy atom. The second kappa shape index (κ2) is 6.99. The number of aromatic nitrogens is 1. The minimum atomic E-state index is -1.07. The highest BCUT2D eigenvalue weighted by atomic mass is 16.4. The number of hydrogen-bond acceptors (Lipinski definition) is 4. The number of nitrogens with zero attached hydrogens (tertiary/aromatic N) is 2. The second-order valence-electron chi connectivity index (χ2n) is 5.05. The Labute approximate surface area is 122 Å². The first kappa shape index (κ1) is 15.2. The number of carboxylic acids is 1. The predicted octanol–water partition coefficient (Wildman–Crippen LogP) is 1.02. The Kier molecular flexibility index (Phi) is 5.05. The van der Waals surface area contributed by atoms with Gasteiger partial charge >= 0.3 is 5.97 Å². The quantitative estimate of drug-likeness (QED) is 0.808. The van der Waals surface area contributed by atoms with Crippen LogP contribution in [0.15, 0.2) is 24.4 Å². The number of piperidine rings is 1. The van der Waals surface area contributed by atoms with Gasteiger partial charge in [0.2, 0.25) is 0 Å². The molecule has 1 aromatic heterocycles. The lowest BCUT2D eigenvalue weighted by Gasteiger charge is -2.31. The number of carboxylic acid groups (broad SMARTS) is 1. The first-order valence-corrected chi connectivity index (χ1v) is 6.88. The van der Waals surface area contributed by atoms with Gasteiger partial charge < -0.3 is 15.1 Å². The summed E-state index contributed by atoms with van der Waals surface area (Å²) in [5.41, 5.74) is 0.726. The highest BCUT2D eigenvalue weighted by Crippen LogP contribution is 2.19. The Balaban J connectivity index is 2.20.